The molecular weight excluding hydrogens is 242 g/mol. The molecule has 0 aromatic heterocycles. The third-order valence-corrected chi connectivity index (χ3v) is 3.22. The Morgan fingerprint density at radius 2 is 2.05 bits per heavy atom. The van der Waals surface area contributed by atoms with E-state index in [1.165, 1.54) is 5.56 Å². The molecule has 0 atom stereocenters. The van der Waals surface area contributed by atoms with Crippen LogP contribution < -0.4 is 20.3 Å². The quantitative estimate of drug-likeness (QED) is 0.780. The highest BCUT2D eigenvalue weighted by Gasteiger charge is 2.25. The Kier molecular flexibility index (Phi) is 4.76. The first-order valence-electron chi connectivity index (χ1n) is 6.61. The van der Waals surface area contributed by atoms with Crippen molar-refractivity contribution in [2.45, 2.75) is 6.42 Å². The largest absolute Gasteiger partial charge is 0.482 e. The van der Waals surface area contributed by atoms with Crippen LogP contribution in [0.25, 0.3) is 0 Å². The summed E-state index contributed by atoms with van der Waals surface area (Å²) in [5, 5.41) is 6.20. The number of hydrogen-bond acceptors (Lipinski definition) is 4. The van der Waals surface area contributed by atoms with E-state index in [1.54, 1.807) is 4.90 Å². The number of ether oxygens (including phenoxy) is 1. The van der Waals surface area contributed by atoms with Crippen molar-refractivity contribution in [3.63, 3.8) is 0 Å². The molecular formula is C14H21N3O2. The van der Waals surface area contributed by atoms with Gasteiger partial charge >= 0.3 is 0 Å². The van der Waals surface area contributed by atoms with E-state index in [1.807, 2.05) is 20.2 Å². The molecule has 2 N–H and O–H groups in total. The number of hydrogen-bond donors (Lipinski definition) is 2. The molecule has 1 aliphatic heterocycles. The highest BCUT2D eigenvalue weighted by molar-refractivity contribution is 5.97. The highest BCUT2D eigenvalue weighted by Crippen LogP contribution is 2.32. The Morgan fingerprint density at radius 1 is 1.26 bits per heavy atom. The van der Waals surface area contributed by atoms with Gasteiger partial charge in [0.15, 0.2) is 6.61 Å². The van der Waals surface area contributed by atoms with E-state index >= 15 is 0 Å². The molecule has 2 rings (SSSR count). The molecule has 5 heteroatoms. The Morgan fingerprint density at radius 3 is 2.79 bits per heavy atom. The van der Waals surface area contributed by atoms with Gasteiger partial charge in [0.25, 0.3) is 5.91 Å². The molecule has 1 aromatic rings. The molecule has 0 fully saturated rings. The van der Waals surface area contributed by atoms with Crippen molar-refractivity contribution in [2.24, 2.45) is 0 Å². The minimum absolute atomic E-state index is 0.0218. The van der Waals surface area contributed by atoms with Gasteiger partial charge < -0.3 is 20.3 Å². The minimum Gasteiger partial charge on any atom is -0.482 e. The zero-order chi connectivity index (χ0) is 13.7. The molecule has 1 heterocycles. The number of likely N-dealkylation sites (N-methyl/N-ethyl adjacent to an activating group) is 2. The van der Waals surface area contributed by atoms with E-state index in [4.69, 9.17) is 4.74 Å². The van der Waals surface area contributed by atoms with E-state index in [0.717, 1.165) is 30.9 Å². The standard InChI is InChI=1S/C14H21N3O2/c1-15-6-5-11-3-4-13-12(9-11)17(8-7-16-2)14(18)10-19-13/h3-4,9,15-16H,5-8,10H2,1-2H3. The van der Waals surface area contributed by atoms with Crippen LogP contribution in [0.1, 0.15) is 5.56 Å². The predicted molar refractivity (Wildman–Crippen MR) is 75.8 cm³/mol. The van der Waals surface area contributed by atoms with E-state index in [-0.39, 0.29) is 12.5 Å². The summed E-state index contributed by atoms with van der Waals surface area (Å²) >= 11 is 0. The van der Waals surface area contributed by atoms with Crippen molar-refractivity contribution in [3.05, 3.63) is 23.8 Å². The summed E-state index contributed by atoms with van der Waals surface area (Å²) in [5.41, 5.74) is 2.10. The minimum atomic E-state index is 0.0218. The Bertz CT molecular complexity index is 448. The Hall–Kier alpha value is -1.59. The van der Waals surface area contributed by atoms with E-state index in [2.05, 4.69) is 22.8 Å². The maximum Gasteiger partial charge on any atom is 0.265 e. The van der Waals surface area contributed by atoms with Gasteiger partial charge in [0.2, 0.25) is 0 Å². The monoisotopic (exact) mass is 263 g/mol. The molecule has 0 spiro atoms. The van der Waals surface area contributed by atoms with Crippen molar-refractivity contribution in [1.82, 2.24) is 10.6 Å². The fraction of sp³-hybridized carbons (Fsp3) is 0.500. The van der Waals surface area contributed by atoms with Crippen molar-refractivity contribution < 1.29 is 9.53 Å². The second-order valence-electron chi connectivity index (χ2n) is 4.59. The number of carbonyl (C=O) groups is 1. The average Bonchev–Trinajstić information content (AvgIpc) is 2.44. The molecule has 0 bridgehead atoms. The molecule has 19 heavy (non-hydrogen) atoms. The van der Waals surface area contributed by atoms with E-state index < -0.39 is 0 Å². The summed E-state index contributed by atoms with van der Waals surface area (Å²) in [4.78, 5) is 13.8. The number of amides is 1. The first-order valence-corrected chi connectivity index (χ1v) is 6.61. The second kappa shape index (κ2) is 6.54. The summed E-state index contributed by atoms with van der Waals surface area (Å²) in [5.74, 6) is 0.817. The molecule has 0 radical (unpaired) electrons. The zero-order valence-electron chi connectivity index (χ0n) is 11.5. The van der Waals surface area contributed by atoms with Gasteiger partial charge in [-0.15, -0.1) is 0 Å². The Balaban J connectivity index is 2.22. The van der Waals surface area contributed by atoms with Gasteiger partial charge in [-0.05, 0) is 44.8 Å². The van der Waals surface area contributed by atoms with Crippen LogP contribution in [0.5, 0.6) is 5.75 Å². The number of fused-ring (bicyclic) bond motifs is 1. The summed E-state index contributed by atoms with van der Waals surface area (Å²) in [6.07, 6.45) is 0.942. The molecule has 0 saturated carbocycles. The first kappa shape index (κ1) is 13.8. The molecule has 1 aliphatic rings. The van der Waals surface area contributed by atoms with Crippen molar-refractivity contribution in [1.29, 1.82) is 0 Å². The van der Waals surface area contributed by atoms with Gasteiger partial charge in [0, 0.05) is 13.1 Å². The molecule has 1 amide bonds. The van der Waals surface area contributed by atoms with Crippen LogP contribution in [0.2, 0.25) is 0 Å². The number of nitrogens with zero attached hydrogens (tertiary/aromatic N) is 1. The smallest absolute Gasteiger partial charge is 0.265 e. The van der Waals surface area contributed by atoms with Gasteiger partial charge in [-0.2, -0.15) is 0 Å². The van der Waals surface area contributed by atoms with Crippen molar-refractivity contribution in [3.8, 4) is 5.75 Å². The highest BCUT2D eigenvalue weighted by atomic mass is 16.5. The summed E-state index contributed by atoms with van der Waals surface area (Å²) < 4.78 is 5.48. The van der Waals surface area contributed by atoms with Crippen LogP contribution in [0, 0.1) is 0 Å². The van der Waals surface area contributed by atoms with Gasteiger partial charge in [-0.1, -0.05) is 6.07 Å². The summed E-state index contributed by atoms with van der Waals surface area (Å²) in [6.45, 7) is 2.49. The van der Waals surface area contributed by atoms with Gasteiger partial charge in [0.1, 0.15) is 5.75 Å². The molecule has 1 aromatic carbocycles. The Labute approximate surface area is 113 Å². The number of nitrogens with one attached hydrogen (secondary N) is 2. The molecule has 104 valence electrons. The van der Waals surface area contributed by atoms with E-state index in [0.29, 0.717) is 6.54 Å². The SMILES string of the molecule is CNCCc1ccc2c(c1)N(CCNC)C(=O)CO2. The lowest BCUT2D eigenvalue weighted by molar-refractivity contribution is -0.121. The molecule has 0 aliphatic carbocycles. The summed E-state index contributed by atoms with van der Waals surface area (Å²) in [6, 6.07) is 6.07. The van der Waals surface area contributed by atoms with Crippen LogP contribution in [-0.4, -0.2) is 46.2 Å². The summed E-state index contributed by atoms with van der Waals surface area (Å²) in [7, 11) is 3.82. The topological polar surface area (TPSA) is 53.6 Å². The number of anilines is 1. The lowest BCUT2D eigenvalue weighted by Gasteiger charge is -2.29. The predicted octanol–water partition coefficient (Wildman–Crippen LogP) is 0.393. The molecule has 0 saturated heterocycles. The van der Waals surface area contributed by atoms with Crippen LogP contribution in [0.4, 0.5) is 5.69 Å². The van der Waals surface area contributed by atoms with E-state index in [9.17, 15) is 4.79 Å². The zero-order valence-corrected chi connectivity index (χ0v) is 11.5. The molecule has 0 unspecified atom stereocenters. The van der Waals surface area contributed by atoms with Crippen molar-refractivity contribution in [2.75, 3.05) is 45.2 Å². The van der Waals surface area contributed by atoms with Crippen molar-refractivity contribution >= 4 is 11.6 Å². The molecule has 5 nitrogen and oxygen atoms in total. The van der Waals surface area contributed by atoms with Gasteiger partial charge in [-0.3, -0.25) is 4.79 Å². The van der Waals surface area contributed by atoms with Crippen LogP contribution >= 0.6 is 0 Å². The van der Waals surface area contributed by atoms with Crippen LogP contribution in [0.3, 0.4) is 0 Å². The lowest BCUT2D eigenvalue weighted by atomic mass is 10.1. The third kappa shape index (κ3) is 3.24. The third-order valence-electron chi connectivity index (χ3n) is 3.22. The second-order valence-corrected chi connectivity index (χ2v) is 4.59. The van der Waals surface area contributed by atoms with Gasteiger partial charge in [0.05, 0.1) is 5.69 Å². The maximum absolute atomic E-state index is 11.9. The fourth-order valence-electron chi connectivity index (χ4n) is 2.14. The average molecular weight is 263 g/mol. The number of benzene rings is 1. The maximum atomic E-state index is 11.9. The normalized spacial score (nSPS) is 14.2. The number of rotatable bonds is 6. The van der Waals surface area contributed by atoms with Crippen LogP contribution in [0.15, 0.2) is 18.2 Å². The number of carbonyl (C=O) groups excluding carboxylic acids is 1. The lowest BCUT2D eigenvalue weighted by Crippen LogP contribution is -2.42. The van der Waals surface area contributed by atoms with Gasteiger partial charge in [-0.25, -0.2) is 0 Å². The van der Waals surface area contributed by atoms with Crippen LogP contribution in [-0.2, 0) is 11.2 Å². The first-order chi connectivity index (χ1) is 9.26. The fourth-order valence-corrected chi connectivity index (χ4v) is 2.14.